The van der Waals surface area contributed by atoms with Crippen LogP contribution < -0.4 is 0 Å². The number of hydrogen-bond acceptors (Lipinski definition) is 2. The van der Waals surface area contributed by atoms with E-state index in [0.29, 0.717) is 17.3 Å². The molecule has 0 aliphatic heterocycles. The summed E-state index contributed by atoms with van der Waals surface area (Å²) in [6.07, 6.45) is 6.50. The van der Waals surface area contributed by atoms with Crippen molar-refractivity contribution in [3.05, 3.63) is 42.5 Å². The van der Waals surface area contributed by atoms with Gasteiger partial charge in [0.1, 0.15) is 0 Å². The highest BCUT2D eigenvalue weighted by molar-refractivity contribution is 7.89. The van der Waals surface area contributed by atoms with Crippen LogP contribution in [-0.4, -0.2) is 31.2 Å². The zero-order valence-corrected chi connectivity index (χ0v) is 13.7. The molecule has 2 rings (SSSR count). The van der Waals surface area contributed by atoms with E-state index in [0.717, 1.165) is 37.7 Å². The number of benzene rings is 1. The maximum Gasteiger partial charge on any atom is 0.243 e. The van der Waals surface area contributed by atoms with E-state index in [4.69, 9.17) is 11.6 Å². The molecule has 116 valence electrons. The third kappa shape index (κ3) is 3.87. The van der Waals surface area contributed by atoms with E-state index in [1.807, 2.05) is 12.1 Å². The van der Waals surface area contributed by atoms with Crippen molar-refractivity contribution in [2.24, 2.45) is 0 Å². The quantitative estimate of drug-likeness (QED) is 0.567. The van der Waals surface area contributed by atoms with Gasteiger partial charge in [0.2, 0.25) is 10.0 Å². The highest BCUT2D eigenvalue weighted by atomic mass is 35.5. The summed E-state index contributed by atoms with van der Waals surface area (Å²) in [6.45, 7) is 4.07. The molecule has 21 heavy (non-hydrogen) atoms. The van der Waals surface area contributed by atoms with Crippen molar-refractivity contribution in [1.29, 1.82) is 0 Å². The first-order chi connectivity index (χ1) is 10.1. The molecule has 1 saturated carbocycles. The highest BCUT2D eigenvalue weighted by Gasteiger charge is 2.32. The Kier molecular flexibility index (Phi) is 5.85. The molecule has 5 heteroatoms. The molecule has 0 atom stereocenters. The molecule has 0 aromatic heterocycles. The van der Waals surface area contributed by atoms with Crippen molar-refractivity contribution in [2.75, 3.05) is 12.4 Å². The molecule has 1 aromatic rings. The molecule has 1 aromatic carbocycles. The molecule has 1 aliphatic rings. The number of halogens is 1. The van der Waals surface area contributed by atoms with E-state index < -0.39 is 10.0 Å². The zero-order valence-electron chi connectivity index (χ0n) is 12.2. The second-order valence-corrected chi connectivity index (χ2v) is 7.65. The van der Waals surface area contributed by atoms with E-state index in [1.165, 1.54) is 0 Å². The van der Waals surface area contributed by atoms with E-state index in [9.17, 15) is 8.42 Å². The van der Waals surface area contributed by atoms with Gasteiger partial charge in [-0.2, -0.15) is 4.31 Å². The summed E-state index contributed by atoms with van der Waals surface area (Å²) in [5, 5.41) is 0. The van der Waals surface area contributed by atoms with Gasteiger partial charge in [-0.3, -0.25) is 0 Å². The second kappa shape index (κ2) is 7.43. The lowest BCUT2D eigenvalue weighted by atomic mass is 10.2. The van der Waals surface area contributed by atoms with Gasteiger partial charge in [-0.25, -0.2) is 8.42 Å². The number of hydrogen-bond donors (Lipinski definition) is 0. The second-order valence-electron chi connectivity index (χ2n) is 5.38. The number of sulfonamides is 1. The average molecular weight is 328 g/mol. The third-order valence-electron chi connectivity index (χ3n) is 3.95. The summed E-state index contributed by atoms with van der Waals surface area (Å²) < 4.78 is 27.3. The number of aryl methyl sites for hydroxylation is 1. The molecule has 0 N–H and O–H groups in total. The fourth-order valence-electron chi connectivity index (χ4n) is 2.84. The molecule has 0 bridgehead atoms. The lowest BCUT2D eigenvalue weighted by Gasteiger charge is -2.27. The minimum Gasteiger partial charge on any atom is -0.207 e. The number of nitrogens with zero attached hydrogens (tertiary/aromatic N) is 1. The van der Waals surface area contributed by atoms with Crippen LogP contribution in [0, 0.1) is 0 Å². The number of rotatable bonds is 7. The Bertz CT molecular complexity index is 562. The standard InChI is InChI=1S/C16H22ClNO2S/c1-2-13-18(15-5-3-4-6-15)21(19,20)16-9-7-14(8-10-16)11-12-17/h2,7-10,15H,1,3-6,11-13H2. The van der Waals surface area contributed by atoms with Crippen molar-refractivity contribution in [3.63, 3.8) is 0 Å². The van der Waals surface area contributed by atoms with Crippen molar-refractivity contribution in [3.8, 4) is 0 Å². The average Bonchev–Trinajstić information content (AvgIpc) is 2.99. The molecule has 1 aliphatic carbocycles. The molecule has 0 amide bonds. The van der Waals surface area contributed by atoms with Crippen LogP contribution in [0.4, 0.5) is 0 Å². The summed E-state index contributed by atoms with van der Waals surface area (Å²) in [4.78, 5) is 0.356. The van der Waals surface area contributed by atoms with Crippen molar-refractivity contribution in [2.45, 2.75) is 43.0 Å². The van der Waals surface area contributed by atoms with Gasteiger partial charge >= 0.3 is 0 Å². The largest absolute Gasteiger partial charge is 0.243 e. The Labute approximate surface area is 132 Å². The first-order valence-corrected chi connectivity index (χ1v) is 9.34. The summed E-state index contributed by atoms with van der Waals surface area (Å²) >= 11 is 5.71. The molecule has 1 fully saturated rings. The first kappa shape index (κ1) is 16.5. The SMILES string of the molecule is C=CCN(C1CCCC1)S(=O)(=O)c1ccc(CCCl)cc1. The molecule has 0 unspecified atom stereocenters. The summed E-state index contributed by atoms with van der Waals surface area (Å²) in [7, 11) is -3.45. The molecule has 3 nitrogen and oxygen atoms in total. The van der Waals surface area contributed by atoms with Gasteiger partial charge < -0.3 is 0 Å². The van der Waals surface area contributed by atoms with E-state index >= 15 is 0 Å². The summed E-state index contributed by atoms with van der Waals surface area (Å²) in [5.41, 5.74) is 1.06. The molecule has 0 saturated heterocycles. The highest BCUT2D eigenvalue weighted by Crippen LogP contribution is 2.28. The molecule has 0 radical (unpaired) electrons. The fourth-order valence-corrected chi connectivity index (χ4v) is 4.71. The Balaban J connectivity index is 2.26. The Morgan fingerprint density at radius 1 is 1.24 bits per heavy atom. The maximum atomic E-state index is 12.8. The van der Waals surface area contributed by atoms with Crippen LogP contribution in [-0.2, 0) is 16.4 Å². The van der Waals surface area contributed by atoms with Crippen LogP contribution >= 0.6 is 11.6 Å². The minimum absolute atomic E-state index is 0.107. The van der Waals surface area contributed by atoms with Crippen LogP contribution in [0.15, 0.2) is 41.8 Å². The van der Waals surface area contributed by atoms with Gasteiger partial charge in [0.15, 0.2) is 0 Å². The molecular weight excluding hydrogens is 306 g/mol. The number of alkyl halides is 1. The fraction of sp³-hybridized carbons (Fsp3) is 0.500. The lowest BCUT2D eigenvalue weighted by molar-refractivity contribution is 0.347. The van der Waals surface area contributed by atoms with Gasteiger partial charge in [-0.05, 0) is 37.0 Å². The van der Waals surface area contributed by atoms with Gasteiger partial charge in [-0.15, -0.1) is 18.2 Å². The van der Waals surface area contributed by atoms with Crippen molar-refractivity contribution < 1.29 is 8.42 Å². The Morgan fingerprint density at radius 3 is 2.38 bits per heavy atom. The smallest absolute Gasteiger partial charge is 0.207 e. The van der Waals surface area contributed by atoms with Gasteiger partial charge in [-0.1, -0.05) is 31.1 Å². The maximum absolute atomic E-state index is 12.8. The van der Waals surface area contributed by atoms with E-state index in [-0.39, 0.29) is 6.04 Å². The van der Waals surface area contributed by atoms with Gasteiger partial charge in [0.25, 0.3) is 0 Å². The first-order valence-electron chi connectivity index (χ1n) is 7.37. The van der Waals surface area contributed by atoms with Gasteiger partial charge in [0.05, 0.1) is 4.90 Å². The predicted molar refractivity (Wildman–Crippen MR) is 87.2 cm³/mol. The van der Waals surface area contributed by atoms with Crippen LogP contribution in [0.1, 0.15) is 31.2 Å². The topological polar surface area (TPSA) is 37.4 Å². The van der Waals surface area contributed by atoms with Gasteiger partial charge in [0, 0.05) is 18.5 Å². The van der Waals surface area contributed by atoms with Crippen LogP contribution in [0.3, 0.4) is 0 Å². The van der Waals surface area contributed by atoms with E-state index in [1.54, 1.807) is 22.5 Å². The summed E-state index contributed by atoms with van der Waals surface area (Å²) in [5.74, 6) is 0.538. The van der Waals surface area contributed by atoms with Crippen LogP contribution in [0.5, 0.6) is 0 Å². The minimum atomic E-state index is -3.45. The molecule has 0 spiro atoms. The van der Waals surface area contributed by atoms with E-state index in [2.05, 4.69) is 6.58 Å². The summed E-state index contributed by atoms with van der Waals surface area (Å²) in [6, 6.07) is 7.16. The lowest BCUT2D eigenvalue weighted by Crippen LogP contribution is -2.38. The monoisotopic (exact) mass is 327 g/mol. The van der Waals surface area contributed by atoms with Crippen LogP contribution in [0.2, 0.25) is 0 Å². The third-order valence-corrected chi connectivity index (χ3v) is 6.08. The van der Waals surface area contributed by atoms with Crippen molar-refractivity contribution >= 4 is 21.6 Å². The Hall–Kier alpha value is -0.840. The van der Waals surface area contributed by atoms with Crippen LogP contribution in [0.25, 0.3) is 0 Å². The normalized spacial score (nSPS) is 16.5. The molecular formula is C16H22ClNO2S. The Morgan fingerprint density at radius 2 is 1.86 bits per heavy atom. The predicted octanol–water partition coefficient (Wildman–Crippen LogP) is 3.59. The zero-order chi connectivity index (χ0) is 15.3. The van der Waals surface area contributed by atoms with Crippen molar-refractivity contribution in [1.82, 2.24) is 4.31 Å². The molecule has 0 heterocycles.